The molecule has 0 saturated heterocycles. The monoisotopic (exact) mass is 760 g/mol. The molecule has 280 valence electrons. The summed E-state index contributed by atoms with van der Waals surface area (Å²) in [5.41, 5.74) is 13.9. The van der Waals surface area contributed by atoms with Gasteiger partial charge in [0.1, 0.15) is 11.5 Å². The zero-order valence-corrected chi connectivity index (χ0v) is 30.9. The number of hydrogen-bond acceptors (Lipinski definition) is 7. The first-order valence-electron chi connectivity index (χ1n) is 18.4. The number of carbonyl (C=O) groups is 3. The molecule has 8 bridgehead atoms. The first-order chi connectivity index (χ1) is 28.4. The topological polar surface area (TPSA) is 147 Å². The number of nitrogens with one attached hydrogen (secondary N) is 2. The van der Waals surface area contributed by atoms with E-state index in [1.54, 1.807) is 48.5 Å². The molecule has 3 N–H and O–H groups in total. The Hall–Kier alpha value is -8.11. The van der Waals surface area contributed by atoms with Gasteiger partial charge in [0.2, 0.25) is 0 Å². The van der Waals surface area contributed by atoms with Crippen LogP contribution in [0.2, 0.25) is 0 Å². The Kier molecular flexibility index (Phi) is 9.11. The van der Waals surface area contributed by atoms with Crippen molar-refractivity contribution in [3.63, 3.8) is 0 Å². The highest BCUT2D eigenvalue weighted by atomic mass is 16.5. The van der Waals surface area contributed by atoms with Gasteiger partial charge >= 0.3 is 5.97 Å². The number of aryl methyl sites for hydroxylation is 1. The summed E-state index contributed by atoms with van der Waals surface area (Å²) >= 11 is 0. The molecule has 10 nitrogen and oxygen atoms in total. The fourth-order valence-corrected chi connectivity index (χ4v) is 7.43. The molecule has 7 aromatic rings. The van der Waals surface area contributed by atoms with E-state index in [0.717, 1.165) is 77.8 Å². The van der Waals surface area contributed by atoms with E-state index in [0.29, 0.717) is 41.5 Å². The Bertz CT molecular complexity index is 2990. The first-order valence-corrected chi connectivity index (χ1v) is 18.4. The van der Waals surface area contributed by atoms with Crippen molar-refractivity contribution < 1.29 is 29.0 Å². The van der Waals surface area contributed by atoms with Crippen LogP contribution in [0.5, 0.6) is 11.5 Å². The van der Waals surface area contributed by atoms with Gasteiger partial charge < -0.3 is 24.5 Å². The number of aromatic carboxylic acids is 1. The normalized spacial score (nSPS) is 11.7. The van der Waals surface area contributed by atoms with Crippen LogP contribution in [0.1, 0.15) is 38.7 Å². The van der Waals surface area contributed by atoms with E-state index in [9.17, 15) is 19.5 Å². The van der Waals surface area contributed by atoms with Crippen molar-refractivity contribution in [1.29, 1.82) is 0 Å². The smallest absolute Gasteiger partial charge is 0.335 e. The minimum absolute atomic E-state index is 0.176. The fourth-order valence-electron chi connectivity index (χ4n) is 7.43. The molecule has 0 amide bonds. The summed E-state index contributed by atoms with van der Waals surface area (Å²) in [6.07, 6.45) is 7.92. The number of aromatic amines is 2. The highest BCUT2D eigenvalue weighted by Gasteiger charge is 2.19. The maximum absolute atomic E-state index is 11.8. The minimum atomic E-state index is -1.01. The van der Waals surface area contributed by atoms with Gasteiger partial charge in [0.25, 0.3) is 12.9 Å². The number of nitrogens with zero attached hydrogens (tertiary/aromatic N) is 2. The van der Waals surface area contributed by atoms with Crippen LogP contribution in [0, 0.1) is 6.92 Å². The summed E-state index contributed by atoms with van der Waals surface area (Å²) in [4.78, 5) is 52.0. The van der Waals surface area contributed by atoms with E-state index in [2.05, 4.69) is 41.2 Å². The number of fused-ring (bicyclic) bond motifs is 8. The summed E-state index contributed by atoms with van der Waals surface area (Å²) in [5.74, 6) is -0.197. The van der Waals surface area contributed by atoms with Gasteiger partial charge in [0.05, 0.1) is 28.3 Å². The van der Waals surface area contributed by atoms with E-state index in [1.807, 2.05) is 72.8 Å². The van der Waals surface area contributed by atoms with Gasteiger partial charge in [-0.3, -0.25) is 9.59 Å². The molecule has 0 aliphatic carbocycles. The van der Waals surface area contributed by atoms with Crippen molar-refractivity contribution in [3.05, 3.63) is 155 Å². The van der Waals surface area contributed by atoms with Gasteiger partial charge in [-0.2, -0.15) is 0 Å². The SMILES string of the molecule is Cc1ccc(-c2c3nc(c(-c4ccc(C(=O)O)cc4)c4ccc([nH]4)c(-c4ccc(OC=O)cc4)c4nc(c(-c5ccc(OC=O)cc5)c5ccc2[nH]5)C=C4)C=C3)cc1. The van der Waals surface area contributed by atoms with Gasteiger partial charge in [-0.05, 0) is 114 Å². The van der Waals surface area contributed by atoms with E-state index >= 15 is 0 Å². The number of aromatic nitrogens is 4. The quantitative estimate of drug-likeness (QED) is 0.123. The summed E-state index contributed by atoms with van der Waals surface area (Å²) in [5, 5.41) is 9.69. The zero-order valence-electron chi connectivity index (χ0n) is 30.9. The van der Waals surface area contributed by atoms with E-state index in [4.69, 9.17) is 19.4 Å². The maximum Gasteiger partial charge on any atom is 0.335 e. The Balaban J connectivity index is 1.42. The molecule has 0 unspecified atom stereocenters. The van der Waals surface area contributed by atoms with Crippen LogP contribution in [-0.2, 0) is 9.59 Å². The molecule has 0 radical (unpaired) electrons. The number of benzene rings is 4. The lowest BCUT2D eigenvalue weighted by Gasteiger charge is -2.08. The molecular formula is C48H32N4O6. The Morgan fingerprint density at radius 3 is 1.10 bits per heavy atom. The molecule has 2 aliphatic heterocycles. The van der Waals surface area contributed by atoms with Crippen LogP contribution in [0.4, 0.5) is 0 Å². The molecule has 58 heavy (non-hydrogen) atoms. The second kappa shape index (κ2) is 14.9. The third-order valence-electron chi connectivity index (χ3n) is 10.2. The van der Waals surface area contributed by atoms with Crippen molar-refractivity contribution in [3.8, 4) is 56.0 Å². The molecule has 0 fully saturated rings. The number of carbonyl (C=O) groups excluding carboxylic acids is 2. The van der Waals surface area contributed by atoms with Gasteiger partial charge in [0, 0.05) is 44.3 Å². The van der Waals surface area contributed by atoms with Crippen LogP contribution in [-0.4, -0.2) is 44.0 Å². The van der Waals surface area contributed by atoms with E-state index < -0.39 is 5.97 Å². The summed E-state index contributed by atoms with van der Waals surface area (Å²) < 4.78 is 10.2. The predicted octanol–water partition coefficient (Wildman–Crippen LogP) is 10.4. The average Bonchev–Trinajstić information content (AvgIpc) is 4.08. The Morgan fingerprint density at radius 1 is 0.483 bits per heavy atom. The second-order valence-electron chi connectivity index (χ2n) is 13.7. The predicted molar refractivity (Wildman–Crippen MR) is 226 cm³/mol. The van der Waals surface area contributed by atoms with Crippen molar-refractivity contribution in [2.45, 2.75) is 6.92 Å². The third kappa shape index (κ3) is 6.64. The summed E-state index contributed by atoms with van der Waals surface area (Å²) in [6, 6.07) is 37.6. The molecule has 9 rings (SSSR count). The van der Waals surface area contributed by atoms with Crippen LogP contribution >= 0.6 is 0 Å². The van der Waals surface area contributed by atoms with Gasteiger partial charge in [-0.1, -0.05) is 66.2 Å². The molecular weight excluding hydrogens is 729 g/mol. The Labute approximate surface area is 331 Å². The number of H-pyrrole nitrogens is 2. The van der Waals surface area contributed by atoms with Gasteiger partial charge in [-0.25, -0.2) is 14.8 Å². The number of hydrogen-bond donors (Lipinski definition) is 3. The molecule has 5 heterocycles. The largest absolute Gasteiger partial charge is 0.478 e. The number of carboxylic acid groups (broad SMARTS) is 1. The van der Waals surface area contributed by atoms with Crippen molar-refractivity contribution in [1.82, 2.24) is 19.9 Å². The zero-order chi connectivity index (χ0) is 39.8. The van der Waals surface area contributed by atoms with Crippen LogP contribution in [0.15, 0.2) is 121 Å². The maximum atomic E-state index is 11.8. The molecule has 4 aromatic carbocycles. The second-order valence-corrected chi connectivity index (χ2v) is 13.7. The standard InChI is InChI=1S/C48H32N4O6/c1-28-2-4-29(5-3-28)44-36-18-20-38(49-36)45(30-6-8-33(9-7-30)48(55)56)39-21-23-41(51-39)47(32-12-16-35(17-13-32)58-27-54)43-25-24-42(52-43)46(40-22-19-37(44)50-40)31-10-14-34(15-11-31)57-26-53/h2-27,50-51H,1H3,(H,55,56). The van der Waals surface area contributed by atoms with Crippen LogP contribution < -0.4 is 9.47 Å². The lowest BCUT2D eigenvalue weighted by Crippen LogP contribution is -1.95. The molecule has 10 heteroatoms. The molecule has 0 atom stereocenters. The lowest BCUT2D eigenvalue weighted by molar-refractivity contribution is -0.121. The number of ether oxygens (including phenoxy) is 2. The Morgan fingerprint density at radius 2 is 0.793 bits per heavy atom. The van der Waals surface area contributed by atoms with Gasteiger partial charge in [0.15, 0.2) is 0 Å². The molecule has 0 spiro atoms. The van der Waals surface area contributed by atoms with Crippen molar-refractivity contribution in [2.24, 2.45) is 0 Å². The van der Waals surface area contributed by atoms with E-state index in [1.165, 1.54) is 0 Å². The highest BCUT2D eigenvalue weighted by molar-refractivity contribution is 6.00. The number of rotatable bonds is 9. The third-order valence-corrected chi connectivity index (χ3v) is 10.2. The fraction of sp³-hybridized carbons (Fsp3) is 0.0208. The summed E-state index contributed by atoms with van der Waals surface area (Å²) in [6.45, 7) is 2.84. The minimum Gasteiger partial charge on any atom is -0.478 e. The summed E-state index contributed by atoms with van der Waals surface area (Å²) in [7, 11) is 0. The number of carboxylic acids is 1. The van der Waals surface area contributed by atoms with Crippen molar-refractivity contribution >= 4 is 65.3 Å². The average molecular weight is 761 g/mol. The van der Waals surface area contributed by atoms with Crippen LogP contribution in [0.3, 0.4) is 0 Å². The molecule has 3 aromatic heterocycles. The van der Waals surface area contributed by atoms with Gasteiger partial charge in [-0.15, -0.1) is 0 Å². The highest BCUT2D eigenvalue weighted by Crippen LogP contribution is 2.39. The molecule has 0 saturated carbocycles. The first kappa shape index (κ1) is 35.6. The van der Waals surface area contributed by atoms with Crippen molar-refractivity contribution in [2.75, 3.05) is 0 Å². The van der Waals surface area contributed by atoms with E-state index in [-0.39, 0.29) is 5.56 Å². The lowest BCUT2D eigenvalue weighted by atomic mass is 10.0. The molecule has 2 aliphatic rings. The van der Waals surface area contributed by atoms with Crippen LogP contribution in [0.25, 0.3) is 90.9 Å².